The zero-order valence-electron chi connectivity index (χ0n) is 12.4. The maximum absolute atomic E-state index is 11.7. The first-order chi connectivity index (χ1) is 10.0. The summed E-state index contributed by atoms with van der Waals surface area (Å²) in [5, 5.41) is 11.5. The van der Waals surface area contributed by atoms with Crippen LogP contribution < -0.4 is 5.32 Å². The number of nitrogens with zero attached hydrogens (tertiary/aromatic N) is 1. The highest BCUT2D eigenvalue weighted by Gasteiger charge is 2.16. The zero-order valence-corrected chi connectivity index (χ0v) is 12.4. The maximum atomic E-state index is 11.7. The first-order valence-corrected chi connectivity index (χ1v) is 6.84. The Morgan fingerprint density at radius 3 is 2.62 bits per heavy atom. The summed E-state index contributed by atoms with van der Waals surface area (Å²) in [4.78, 5) is 23.8. The Kier molecular flexibility index (Phi) is 7.25. The molecule has 0 aliphatic heterocycles. The number of amides is 2. The summed E-state index contributed by atoms with van der Waals surface area (Å²) < 4.78 is 5.44. The molecule has 0 bridgehead atoms. The van der Waals surface area contributed by atoms with Crippen molar-refractivity contribution in [1.82, 2.24) is 10.2 Å². The van der Waals surface area contributed by atoms with E-state index in [2.05, 4.69) is 5.32 Å². The fraction of sp³-hybridized carbons (Fsp3) is 0.467. The molecular weight excluding hydrogens is 272 g/mol. The number of aliphatic carboxylic acids is 1. The lowest BCUT2D eigenvalue weighted by atomic mass is 10.2. The Balaban J connectivity index is 2.14. The largest absolute Gasteiger partial charge is 0.481 e. The van der Waals surface area contributed by atoms with Crippen LogP contribution in [0, 0.1) is 5.92 Å². The average Bonchev–Trinajstić information content (AvgIpc) is 2.47. The summed E-state index contributed by atoms with van der Waals surface area (Å²) in [7, 11) is 1.57. The van der Waals surface area contributed by atoms with Gasteiger partial charge in [-0.2, -0.15) is 0 Å². The van der Waals surface area contributed by atoms with Crippen molar-refractivity contribution >= 4 is 12.0 Å². The van der Waals surface area contributed by atoms with Crippen molar-refractivity contribution in [3.05, 3.63) is 35.9 Å². The number of carboxylic acid groups (broad SMARTS) is 1. The molecule has 0 aliphatic rings. The Morgan fingerprint density at radius 2 is 2.00 bits per heavy atom. The van der Waals surface area contributed by atoms with Crippen molar-refractivity contribution < 1.29 is 19.4 Å². The van der Waals surface area contributed by atoms with Crippen LogP contribution in [0.2, 0.25) is 0 Å². The second-order valence-electron chi connectivity index (χ2n) is 4.89. The molecule has 0 saturated heterocycles. The van der Waals surface area contributed by atoms with E-state index in [-0.39, 0.29) is 12.6 Å². The maximum Gasteiger partial charge on any atom is 0.317 e. The van der Waals surface area contributed by atoms with E-state index in [1.807, 2.05) is 30.3 Å². The van der Waals surface area contributed by atoms with E-state index >= 15 is 0 Å². The van der Waals surface area contributed by atoms with Gasteiger partial charge in [0.1, 0.15) is 0 Å². The van der Waals surface area contributed by atoms with Crippen molar-refractivity contribution in [2.45, 2.75) is 13.5 Å². The molecule has 0 fully saturated rings. The van der Waals surface area contributed by atoms with Gasteiger partial charge in [-0.15, -0.1) is 0 Å². The summed E-state index contributed by atoms with van der Waals surface area (Å²) in [5.74, 6) is -1.50. The lowest BCUT2D eigenvalue weighted by molar-refractivity contribution is -0.141. The predicted octanol–water partition coefficient (Wildman–Crippen LogP) is 1.57. The number of benzene rings is 1. The monoisotopic (exact) mass is 294 g/mol. The summed E-state index contributed by atoms with van der Waals surface area (Å²) in [5.41, 5.74) is 1.08. The molecule has 6 heteroatoms. The van der Waals surface area contributed by atoms with E-state index in [9.17, 15) is 9.59 Å². The molecule has 1 aromatic rings. The Labute approximate surface area is 124 Å². The van der Waals surface area contributed by atoms with Gasteiger partial charge >= 0.3 is 12.0 Å². The minimum atomic E-state index is -0.916. The third-order valence-corrected chi connectivity index (χ3v) is 2.95. The molecular formula is C15H22N2O4. The van der Waals surface area contributed by atoms with E-state index in [1.54, 1.807) is 14.0 Å². The molecule has 1 aromatic carbocycles. The molecule has 1 atom stereocenters. The number of hydrogen-bond acceptors (Lipinski definition) is 3. The van der Waals surface area contributed by atoms with Gasteiger partial charge in [0.2, 0.25) is 0 Å². The summed E-state index contributed by atoms with van der Waals surface area (Å²) >= 11 is 0. The number of urea groups is 1. The number of carbonyl (C=O) groups is 2. The molecule has 0 saturated carbocycles. The fourth-order valence-corrected chi connectivity index (χ4v) is 1.70. The summed E-state index contributed by atoms with van der Waals surface area (Å²) in [6, 6.07) is 9.47. The zero-order chi connectivity index (χ0) is 15.7. The van der Waals surface area contributed by atoms with Crippen LogP contribution in [0.25, 0.3) is 0 Å². The van der Waals surface area contributed by atoms with Crippen LogP contribution in [0.5, 0.6) is 0 Å². The van der Waals surface area contributed by atoms with E-state index in [0.717, 1.165) is 5.56 Å². The molecule has 2 amide bonds. The van der Waals surface area contributed by atoms with Crippen LogP contribution in [0.3, 0.4) is 0 Å². The van der Waals surface area contributed by atoms with Gasteiger partial charge in [0.25, 0.3) is 0 Å². The highest BCUT2D eigenvalue weighted by molar-refractivity contribution is 5.75. The Morgan fingerprint density at radius 1 is 1.33 bits per heavy atom. The second-order valence-corrected chi connectivity index (χ2v) is 4.89. The highest BCUT2D eigenvalue weighted by atomic mass is 16.5. The number of nitrogens with one attached hydrogen (secondary N) is 1. The van der Waals surface area contributed by atoms with Gasteiger partial charge < -0.3 is 20.1 Å². The van der Waals surface area contributed by atoms with Gasteiger partial charge in [-0.05, 0) is 5.56 Å². The number of ether oxygens (including phenoxy) is 1. The summed E-state index contributed by atoms with van der Waals surface area (Å²) in [6.45, 7) is 3.03. The van der Waals surface area contributed by atoms with Gasteiger partial charge in [-0.1, -0.05) is 37.3 Å². The normalized spacial score (nSPS) is 11.7. The fourth-order valence-electron chi connectivity index (χ4n) is 1.70. The van der Waals surface area contributed by atoms with Crippen molar-refractivity contribution in [3.8, 4) is 0 Å². The molecule has 21 heavy (non-hydrogen) atoms. The number of carboxylic acids is 1. The third-order valence-electron chi connectivity index (χ3n) is 2.95. The minimum absolute atomic E-state index is 0.173. The highest BCUT2D eigenvalue weighted by Crippen LogP contribution is 2.00. The molecule has 0 heterocycles. The lowest BCUT2D eigenvalue weighted by Crippen LogP contribution is -2.41. The number of rotatable bonds is 8. The van der Waals surface area contributed by atoms with Crippen molar-refractivity contribution in [2.24, 2.45) is 5.92 Å². The molecule has 0 spiro atoms. The molecule has 0 aromatic heterocycles. The quantitative estimate of drug-likeness (QED) is 0.713. The van der Waals surface area contributed by atoms with Gasteiger partial charge in [-0.25, -0.2) is 4.79 Å². The molecule has 2 N–H and O–H groups in total. The topological polar surface area (TPSA) is 78.9 Å². The van der Waals surface area contributed by atoms with Crippen LogP contribution in [0.4, 0.5) is 4.79 Å². The van der Waals surface area contributed by atoms with E-state index in [1.165, 1.54) is 4.90 Å². The molecule has 0 aliphatic carbocycles. The molecule has 1 rings (SSSR count). The third kappa shape index (κ3) is 6.76. The van der Waals surface area contributed by atoms with Crippen LogP contribution in [0.1, 0.15) is 12.5 Å². The molecule has 0 radical (unpaired) electrons. The minimum Gasteiger partial charge on any atom is -0.481 e. The van der Waals surface area contributed by atoms with Gasteiger partial charge in [0, 0.05) is 20.1 Å². The standard InChI is InChI=1S/C15H22N2O4/c1-12(14(18)19)10-17(2)15(20)16-8-9-21-11-13-6-4-3-5-7-13/h3-7,12H,8-11H2,1-2H3,(H,16,20)(H,18,19). The first kappa shape index (κ1) is 17.0. The molecule has 116 valence electrons. The molecule has 6 nitrogen and oxygen atoms in total. The average molecular weight is 294 g/mol. The van der Waals surface area contributed by atoms with Crippen molar-refractivity contribution in [2.75, 3.05) is 26.7 Å². The van der Waals surface area contributed by atoms with Gasteiger partial charge in [0.15, 0.2) is 0 Å². The number of hydrogen-bond donors (Lipinski definition) is 2. The second kappa shape index (κ2) is 8.97. The Hall–Kier alpha value is -2.08. The van der Waals surface area contributed by atoms with Crippen molar-refractivity contribution in [3.63, 3.8) is 0 Å². The number of carbonyl (C=O) groups excluding carboxylic acids is 1. The van der Waals surface area contributed by atoms with E-state index in [4.69, 9.17) is 9.84 Å². The molecule has 1 unspecified atom stereocenters. The van der Waals surface area contributed by atoms with Crippen LogP contribution in [-0.2, 0) is 16.1 Å². The van der Waals surface area contributed by atoms with Crippen LogP contribution >= 0.6 is 0 Å². The van der Waals surface area contributed by atoms with Crippen LogP contribution in [-0.4, -0.2) is 48.8 Å². The predicted molar refractivity (Wildman–Crippen MR) is 78.9 cm³/mol. The summed E-state index contributed by atoms with van der Waals surface area (Å²) in [6.07, 6.45) is 0. The van der Waals surface area contributed by atoms with E-state index in [0.29, 0.717) is 19.8 Å². The van der Waals surface area contributed by atoms with Crippen LogP contribution in [0.15, 0.2) is 30.3 Å². The smallest absolute Gasteiger partial charge is 0.317 e. The SMILES string of the molecule is CC(CN(C)C(=O)NCCOCc1ccccc1)C(=O)O. The van der Waals surface area contributed by atoms with Crippen molar-refractivity contribution in [1.29, 1.82) is 0 Å². The lowest BCUT2D eigenvalue weighted by Gasteiger charge is -2.19. The van der Waals surface area contributed by atoms with Gasteiger partial charge in [0.05, 0.1) is 19.1 Å². The Bertz CT molecular complexity index is 450. The van der Waals surface area contributed by atoms with E-state index < -0.39 is 11.9 Å². The van der Waals surface area contributed by atoms with Gasteiger partial charge in [-0.3, -0.25) is 4.79 Å². The first-order valence-electron chi connectivity index (χ1n) is 6.84.